The van der Waals surface area contributed by atoms with Crippen molar-refractivity contribution >= 4 is 22.8 Å². The van der Waals surface area contributed by atoms with Gasteiger partial charge in [0.05, 0.1) is 20.1 Å². The highest BCUT2D eigenvalue weighted by molar-refractivity contribution is 5.86. The molecule has 0 bridgehead atoms. The highest BCUT2D eigenvalue weighted by atomic mass is 16.5. The van der Waals surface area contributed by atoms with Crippen LogP contribution < -0.4 is 10.1 Å². The number of carbonyl (C=O) groups excluding carboxylic acids is 2. The van der Waals surface area contributed by atoms with E-state index in [1.807, 2.05) is 54.7 Å². The van der Waals surface area contributed by atoms with Gasteiger partial charge in [0.1, 0.15) is 11.9 Å². The van der Waals surface area contributed by atoms with Gasteiger partial charge in [0.15, 0.2) is 0 Å². The highest BCUT2D eigenvalue weighted by Crippen LogP contribution is 2.31. The average molecular weight is 410 g/mol. The number of fused-ring (bicyclic) bond motifs is 1. The van der Waals surface area contributed by atoms with E-state index in [0.29, 0.717) is 0 Å². The van der Waals surface area contributed by atoms with E-state index in [0.717, 1.165) is 27.8 Å². The summed E-state index contributed by atoms with van der Waals surface area (Å²) in [6.07, 6.45) is 0.101. The number of aromatic amines is 1. The molecule has 30 heavy (non-hydrogen) atoms. The number of amides is 1. The van der Waals surface area contributed by atoms with Crippen LogP contribution >= 0.6 is 0 Å². The van der Waals surface area contributed by atoms with Gasteiger partial charge in [-0.1, -0.05) is 30.3 Å². The highest BCUT2D eigenvalue weighted by Gasteiger charge is 2.23. The van der Waals surface area contributed by atoms with Crippen molar-refractivity contribution in [1.29, 1.82) is 0 Å². The maximum atomic E-state index is 12.4. The largest absolute Gasteiger partial charge is 0.497 e. The van der Waals surface area contributed by atoms with E-state index in [1.54, 1.807) is 14.0 Å². The molecule has 1 heterocycles. The summed E-state index contributed by atoms with van der Waals surface area (Å²) < 4.78 is 10.0. The number of ether oxygens (including phenoxy) is 2. The number of benzene rings is 2. The number of para-hydroxylation sites is 1. The lowest BCUT2D eigenvalue weighted by Gasteiger charge is -2.20. The van der Waals surface area contributed by atoms with Gasteiger partial charge >= 0.3 is 5.97 Å². The minimum Gasteiger partial charge on any atom is -0.497 e. The molecule has 2 aromatic carbocycles. The Morgan fingerprint density at radius 1 is 1.13 bits per heavy atom. The molecule has 2 unspecified atom stereocenters. The Kier molecular flexibility index (Phi) is 7.08. The van der Waals surface area contributed by atoms with Gasteiger partial charge in [-0.05, 0) is 36.2 Å². The number of aromatic nitrogens is 1. The topological polar surface area (TPSA) is 101 Å². The van der Waals surface area contributed by atoms with Gasteiger partial charge in [-0.15, -0.1) is 0 Å². The van der Waals surface area contributed by atoms with E-state index >= 15 is 0 Å². The molecule has 158 valence electrons. The molecular formula is C23H26N2O5. The predicted molar refractivity (Wildman–Crippen MR) is 113 cm³/mol. The van der Waals surface area contributed by atoms with Gasteiger partial charge in [-0.2, -0.15) is 0 Å². The number of nitrogens with one attached hydrogen (secondary N) is 2. The number of carbonyl (C=O) groups is 2. The van der Waals surface area contributed by atoms with Crippen LogP contribution in [0.3, 0.4) is 0 Å². The standard InChI is InChI=1S/C23H26N2O5/c1-3-30-22(27)12-21(26)23(28)25-13-18(15-8-10-16(29-2)11-9-15)19-14-24-20-7-5-4-6-17(19)20/h4-11,14,18,21,24,26H,3,12-13H2,1-2H3,(H,25,28). The number of hydrogen-bond acceptors (Lipinski definition) is 5. The lowest BCUT2D eigenvalue weighted by molar-refractivity contribution is -0.148. The van der Waals surface area contributed by atoms with Crippen molar-refractivity contribution in [1.82, 2.24) is 10.3 Å². The van der Waals surface area contributed by atoms with E-state index < -0.39 is 18.0 Å². The summed E-state index contributed by atoms with van der Waals surface area (Å²) in [5.41, 5.74) is 3.01. The molecule has 2 atom stereocenters. The third-order valence-corrected chi connectivity index (χ3v) is 4.96. The second-order valence-corrected chi connectivity index (χ2v) is 6.89. The van der Waals surface area contributed by atoms with Crippen LogP contribution in [0.15, 0.2) is 54.7 Å². The summed E-state index contributed by atoms with van der Waals surface area (Å²) in [5.74, 6) is -0.638. The molecule has 0 saturated carbocycles. The minimum atomic E-state index is -1.46. The van der Waals surface area contributed by atoms with Crippen LogP contribution in [0.4, 0.5) is 0 Å². The van der Waals surface area contributed by atoms with Gasteiger partial charge in [-0.25, -0.2) is 0 Å². The lowest BCUT2D eigenvalue weighted by Crippen LogP contribution is -2.38. The van der Waals surface area contributed by atoms with Gasteiger partial charge in [-0.3, -0.25) is 9.59 Å². The number of methoxy groups -OCH3 is 1. The van der Waals surface area contributed by atoms with Crippen LogP contribution in [0.5, 0.6) is 5.75 Å². The van der Waals surface area contributed by atoms with E-state index in [4.69, 9.17) is 9.47 Å². The average Bonchev–Trinajstić information content (AvgIpc) is 3.18. The fraction of sp³-hybridized carbons (Fsp3) is 0.304. The lowest BCUT2D eigenvalue weighted by atomic mass is 9.90. The first-order valence-corrected chi connectivity index (χ1v) is 9.84. The van der Waals surface area contributed by atoms with Crippen LogP contribution in [0.2, 0.25) is 0 Å². The van der Waals surface area contributed by atoms with E-state index in [2.05, 4.69) is 10.3 Å². The normalized spacial score (nSPS) is 12.9. The van der Waals surface area contributed by atoms with Gasteiger partial charge in [0.2, 0.25) is 5.91 Å². The van der Waals surface area contributed by atoms with Crippen LogP contribution in [-0.2, 0) is 14.3 Å². The smallest absolute Gasteiger partial charge is 0.308 e. The number of rotatable bonds is 9. The van der Waals surface area contributed by atoms with Crippen molar-refractivity contribution in [2.75, 3.05) is 20.3 Å². The molecule has 0 aliphatic carbocycles. The molecule has 3 rings (SSSR count). The number of H-pyrrole nitrogens is 1. The van der Waals surface area contributed by atoms with Gasteiger partial charge < -0.3 is 24.9 Å². The quantitative estimate of drug-likeness (QED) is 0.471. The third-order valence-electron chi connectivity index (χ3n) is 4.96. The maximum Gasteiger partial charge on any atom is 0.308 e. The molecule has 0 aliphatic rings. The first-order chi connectivity index (χ1) is 14.5. The van der Waals surface area contributed by atoms with Crippen molar-refractivity contribution in [2.45, 2.75) is 25.4 Å². The van der Waals surface area contributed by atoms with Crippen molar-refractivity contribution in [3.8, 4) is 5.75 Å². The Bertz CT molecular complexity index is 996. The van der Waals surface area contributed by atoms with Crippen molar-refractivity contribution < 1.29 is 24.2 Å². The monoisotopic (exact) mass is 410 g/mol. The Balaban J connectivity index is 1.81. The minimum absolute atomic E-state index is 0.161. The summed E-state index contributed by atoms with van der Waals surface area (Å²) in [6.45, 7) is 2.13. The fourth-order valence-corrected chi connectivity index (χ4v) is 3.42. The zero-order valence-corrected chi connectivity index (χ0v) is 17.1. The predicted octanol–water partition coefficient (Wildman–Crippen LogP) is 2.74. The van der Waals surface area contributed by atoms with Crippen LogP contribution in [0.1, 0.15) is 30.4 Å². The number of aliphatic hydroxyl groups is 1. The van der Waals surface area contributed by atoms with Crippen molar-refractivity contribution in [2.24, 2.45) is 0 Å². The first-order valence-electron chi connectivity index (χ1n) is 9.84. The molecule has 7 nitrogen and oxygen atoms in total. The Morgan fingerprint density at radius 2 is 1.87 bits per heavy atom. The molecular weight excluding hydrogens is 384 g/mol. The SMILES string of the molecule is CCOC(=O)CC(O)C(=O)NCC(c1ccc(OC)cc1)c1c[nH]c2ccccc12. The van der Waals surface area contributed by atoms with Crippen molar-refractivity contribution in [3.05, 3.63) is 65.9 Å². The zero-order chi connectivity index (χ0) is 21.5. The second-order valence-electron chi connectivity index (χ2n) is 6.89. The van der Waals surface area contributed by atoms with Gasteiger partial charge in [0.25, 0.3) is 0 Å². The summed E-state index contributed by atoms with van der Waals surface area (Å²) in [4.78, 5) is 27.2. The number of esters is 1. The third kappa shape index (κ3) is 4.99. The molecule has 0 spiro atoms. The maximum absolute atomic E-state index is 12.4. The Morgan fingerprint density at radius 3 is 2.57 bits per heavy atom. The van der Waals surface area contributed by atoms with E-state index in [9.17, 15) is 14.7 Å². The van der Waals surface area contributed by atoms with Crippen LogP contribution in [0, 0.1) is 0 Å². The summed E-state index contributed by atoms with van der Waals surface area (Å²) in [5, 5.41) is 13.9. The molecule has 7 heteroatoms. The second kappa shape index (κ2) is 9.93. The van der Waals surface area contributed by atoms with Crippen LogP contribution in [-0.4, -0.2) is 48.3 Å². The summed E-state index contributed by atoms with van der Waals surface area (Å²) in [7, 11) is 1.61. The van der Waals surface area contributed by atoms with Gasteiger partial charge in [0, 0.05) is 29.6 Å². The molecule has 0 radical (unpaired) electrons. The first kappa shape index (κ1) is 21.4. The molecule has 0 fully saturated rings. The fourth-order valence-electron chi connectivity index (χ4n) is 3.42. The molecule has 3 aromatic rings. The van der Waals surface area contributed by atoms with E-state index in [-0.39, 0.29) is 25.5 Å². The van der Waals surface area contributed by atoms with E-state index in [1.165, 1.54) is 0 Å². The number of hydrogen-bond donors (Lipinski definition) is 3. The van der Waals surface area contributed by atoms with Crippen molar-refractivity contribution in [3.63, 3.8) is 0 Å². The molecule has 1 amide bonds. The Labute approximate surface area is 175 Å². The molecule has 0 saturated heterocycles. The molecule has 1 aromatic heterocycles. The zero-order valence-electron chi connectivity index (χ0n) is 17.1. The molecule has 0 aliphatic heterocycles. The molecule has 3 N–H and O–H groups in total. The van der Waals surface area contributed by atoms with Crippen LogP contribution in [0.25, 0.3) is 10.9 Å². The number of aliphatic hydroxyl groups excluding tert-OH is 1. The summed E-state index contributed by atoms with van der Waals surface area (Å²) in [6, 6.07) is 15.6. The Hall–Kier alpha value is -3.32. The summed E-state index contributed by atoms with van der Waals surface area (Å²) >= 11 is 0.